The average Bonchev–Trinajstić information content (AvgIpc) is 2.67. The van der Waals surface area contributed by atoms with E-state index in [2.05, 4.69) is 11.9 Å². The molecule has 0 saturated carbocycles. The minimum Gasteiger partial charge on any atom is -0.478 e. The highest BCUT2D eigenvalue weighted by Crippen LogP contribution is 2.28. The van der Waals surface area contributed by atoms with Crippen LogP contribution >= 0.6 is 11.6 Å². The number of rotatable bonds is 7. The van der Waals surface area contributed by atoms with E-state index in [1.165, 1.54) is 42.5 Å². The third-order valence-electron chi connectivity index (χ3n) is 3.95. The number of hydrogen-bond donors (Lipinski definition) is 2. The van der Waals surface area contributed by atoms with E-state index in [1.54, 1.807) is 6.92 Å². The van der Waals surface area contributed by atoms with Gasteiger partial charge in [0.2, 0.25) is 5.91 Å². The molecule has 0 radical (unpaired) electrons. The molecule has 0 spiro atoms. The Morgan fingerprint density at radius 2 is 1.79 bits per heavy atom. The van der Waals surface area contributed by atoms with Gasteiger partial charge >= 0.3 is 5.97 Å². The van der Waals surface area contributed by atoms with Crippen LogP contribution in [0.15, 0.2) is 66.8 Å². The van der Waals surface area contributed by atoms with Gasteiger partial charge in [0, 0.05) is 5.69 Å². The Hall–Kier alpha value is -3.25. The molecule has 29 heavy (non-hydrogen) atoms. The van der Waals surface area contributed by atoms with Gasteiger partial charge in [0.1, 0.15) is 5.82 Å². The molecular formula is C22H18ClF2NO3. The monoisotopic (exact) mass is 417 g/mol. The molecule has 0 aliphatic rings. The summed E-state index contributed by atoms with van der Waals surface area (Å²) < 4.78 is 28.2. The minimum atomic E-state index is -1.06. The van der Waals surface area contributed by atoms with Gasteiger partial charge in [-0.15, -0.1) is 0 Å². The SMILES string of the molecule is C=C(/C=C\C(=C/C)c1c(F)ccc(Cl)c1F)CC(=O)Nc1ccc(C(=O)O)cc1. The largest absolute Gasteiger partial charge is 0.478 e. The van der Waals surface area contributed by atoms with Crippen LogP contribution in [0.2, 0.25) is 5.02 Å². The van der Waals surface area contributed by atoms with Crippen LogP contribution in [0.1, 0.15) is 29.3 Å². The molecule has 0 heterocycles. The number of carbonyl (C=O) groups excluding carboxylic acids is 1. The smallest absolute Gasteiger partial charge is 0.335 e. The zero-order valence-corrected chi connectivity index (χ0v) is 16.3. The highest BCUT2D eigenvalue weighted by molar-refractivity contribution is 6.31. The Balaban J connectivity index is 2.04. The summed E-state index contributed by atoms with van der Waals surface area (Å²) in [5, 5.41) is 11.3. The molecule has 150 valence electrons. The third kappa shape index (κ3) is 5.86. The van der Waals surface area contributed by atoms with Gasteiger partial charge in [-0.3, -0.25) is 4.79 Å². The summed E-state index contributed by atoms with van der Waals surface area (Å²) in [6.07, 6.45) is 4.40. The van der Waals surface area contributed by atoms with Gasteiger partial charge in [-0.25, -0.2) is 13.6 Å². The molecule has 1 amide bonds. The van der Waals surface area contributed by atoms with Crippen LogP contribution in [0.3, 0.4) is 0 Å². The zero-order chi connectivity index (χ0) is 21.6. The van der Waals surface area contributed by atoms with Crippen molar-refractivity contribution in [1.29, 1.82) is 0 Å². The normalized spacial score (nSPS) is 11.5. The molecule has 0 atom stereocenters. The molecular weight excluding hydrogens is 400 g/mol. The molecule has 4 nitrogen and oxygen atoms in total. The van der Waals surface area contributed by atoms with E-state index in [4.69, 9.17) is 16.7 Å². The maximum absolute atomic E-state index is 14.2. The second-order valence-electron chi connectivity index (χ2n) is 6.06. The summed E-state index contributed by atoms with van der Waals surface area (Å²) >= 11 is 5.73. The fourth-order valence-corrected chi connectivity index (χ4v) is 2.65. The summed E-state index contributed by atoms with van der Waals surface area (Å²) in [5.41, 5.74) is 0.955. The molecule has 0 aliphatic carbocycles. The summed E-state index contributed by atoms with van der Waals surface area (Å²) in [4.78, 5) is 22.9. The molecule has 0 unspecified atom stereocenters. The first kappa shape index (κ1) is 22.0. The lowest BCUT2D eigenvalue weighted by Gasteiger charge is -2.08. The summed E-state index contributed by atoms with van der Waals surface area (Å²) in [5.74, 6) is -3.05. The van der Waals surface area contributed by atoms with Gasteiger partial charge < -0.3 is 10.4 Å². The highest BCUT2D eigenvalue weighted by atomic mass is 35.5. The minimum absolute atomic E-state index is 0.0608. The molecule has 2 N–H and O–H groups in total. The maximum Gasteiger partial charge on any atom is 0.335 e. The van der Waals surface area contributed by atoms with Crippen LogP contribution in [-0.4, -0.2) is 17.0 Å². The van der Waals surface area contributed by atoms with Gasteiger partial charge in [0.25, 0.3) is 0 Å². The summed E-state index contributed by atoms with van der Waals surface area (Å²) in [7, 11) is 0. The van der Waals surface area contributed by atoms with Gasteiger partial charge in [-0.2, -0.15) is 0 Å². The summed E-state index contributed by atoms with van der Waals surface area (Å²) in [6, 6.07) is 7.91. The molecule has 7 heteroatoms. The van der Waals surface area contributed by atoms with Crippen molar-refractivity contribution >= 4 is 34.7 Å². The van der Waals surface area contributed by atoms with Crippen LogP contribution in [-0.2, 0) is 4.79 Å². The molecule has 2 aromatic carbocycles. The Bertz CT molecular complexity index is 1010. The number of anilines is 1. The molecule has 0 fully saturated rings. The van der Waals surface area contributed by atoms with E-state index in [1.807, 2.05) is 0 Å². The number of allylic oxidation sites excluding steroid dienone is 4. The third-order valence-corrected chi connectivity index (χ3v) is 4.24. The van der Waals surface area contributed by atoms with Crippen LogP contribution in [0, 0.1) is 11.6 Å². The predicted molar refractivity (Wildman–Crippen MR) is 110 cm³/mol. The van der Waals surface area contributed by atoms with Gasteiger partial charge in [-0.1, -0.05) is 36.4 Å². The Kier molecular flexibility index (Phi) is 7.45. The van der Waals surface area contributed by atoms with E-state index in [0.717, 1.165) is 12.1 Å². The highest BCUT2D eigenvalue weighted by Gasteiger charge is 2.15. The molecule has 0 saturated heterocycles. The van der Waals surface area contributed by atoms with Gasteiger partial charge in [0.15, 0.2) is 5.82 Å². The van der Waals surface area contributed by atoms with Crippen molar-refractivity contribution in [2.45, 2.75) is 13.3 Å². The second-order valence-corrected chi connectivity index (χ2v) is 6.47. The lowest BCUT2D eigenvalue weighted by molar-refractivity contribution is -0.115. The van der Waals surface area contributed by atoms with Crippen LogP contribution in [0.4, 0.5) is 14.5 Å². The first-order chi connectivity index (χ1) is 13.7. The lowest BCUT2D eigenvalue weighted by atomic mass is 10.0. The van der Waals surface area contributed by atoms with Crippen LogP contribution in [0.25, 0.3) is 5.57 Å². The van der Waals surface area contributed by atoms with Gasteiger partial charge in [0.05, 0.1) is 22.6 Å². The van der Waals surface area contributed by atoms with E-state index in [-0.39, 0.29) is 34.1 Å². The van der Waals surface area contributed by atoms with Crippen molar-refractivity contribution in [3.8, 4) is 0 Å². The number of hydrogen-bond acceptors (Lipinski definition) is 2. The number of carboxylic acids is 1. The lowest BCUT2D eigenvalue weighted by Crippen LogP contribution is -2.11. The fraction of sp³-hybridized carbons (Fsp3) is 0.0909. The first-order valence-corrected chi connectivity index (χ1v) is 8.90. The molecule has 0 aromatic heterocycles. The van der Waals surface area contributed by atoms with Crippen molar-refractivity contribution in [3.05, 3.63) is 94.6 Å². The maximum atomic E-state index is 14.2. The Morgan fingerprint density at radius 1 is 1.14 bits per heavy atom. The molecule has 2 aromatic rings. The van der Waals surface area contributed by atoms with Crippen molar-refractivity contribution in [3.63, 3.8) is 0 Å². The van der Waals surface area contributed by atoms with E-state index in [0.29, 0.717) is 11.3 Å². The van der Waals surface area contributed by atoms with E-state index >= 15 is 0 Å². The van der Waals surface area contributed by atoms with E-state index in [9.17, 15) is 18.4 Å². The number of nitrogens with one attached hydrogen (secondary N) is 1. The number of carbonyl (C=O) groups is 2. The number of carboxylic acid groups (broad SMARTS) is 1. The van der Waals surface area contributed by atoms with Gasteiger partial charge in [-0.05, 0) is 54.5 Å². The van der Waals surface area contributed by atoms with Crippen LogP contribution < -0.4 is 5.32 Å². The number of aromatic carboxylic acids is 1. The topological polar surface area (TPSA) is 66.4 Å². The van der Waals surface area contributed by atoms with Crippen molar-refractivity contribution in [2.24, 2.45) is 0 Å². The van der Waals surface area contributed by atoms with Crippen molar-refractivity contribution in [2.75, 3.05) is 5.32 Å². The zero-order valence-electron chi connectivity index (χ0n) is 15.5. The fourth-order valence-electron chi connectivity index (χ4n) is 2.49. The second kappa shape index (κ2) is 9.80. The quantitative estimate of drug-likeness (QED) is 0.438. The van der Waals surface area contributed by atoms with Crippen molar-refractivity contribution in [1.82, 2.24) is 0 Å². The predicted octanol–water partition coefficient (Wildman–Crippen LogP) is 5.86. The van der Waals surface area contributed by atoms with Crippen molar-refractivity contribution < 1.29 is 23.5 Å². The summed E-state index contributed by atoms with van der Waals surface area (Å²) in [6.45, 7) is 5.39. The molecule has 0 aliphatic heterocycles. The van der Waals surface area contributed by atoms with E-state index < -0.39 is 17.6 Å². The average molecular weight is 418 g/mol. The number of halogens is 3. The molecule has 0 bridgehead atoms. The Morgan fingerprint density at radius 3 is 2.38 bits per heavy atom. The van der Waals surface area contributed by atoms with Crippen LogP contribution in [0.5, 0.6) is 0 Å². The standard InChI is InChI=1S/C22H18ClF2NO3/c1-3-14(20-18(24)11-10-17(23)21(20)25)5-4-13(2)12-19(27)26-16-8-6-15(7-9-16)22(28)29/h3-11H,2,12H2,1H3,(H,26,27)(H,28,29)/b5-4-,14-3+. The number of benzene rings is 2. The first-order valence-electron chi connectivity index (χ1n) is 8.52. The molecule has 2 rings (SSSR count). The number of amides is 1. The Labute approximate surface area is 171 Å².